The standard InChI is InChI=1S/C11H12BrFO2/c1-7(2)10(14)6-15-11-5-8(12)3-4-9(11)13/h3-5,7H,6H2,1-2H3. The summed E-state index contributed by atoms with van der Waals surface area (Å²) in [6, 6.07) is 4.37. The number of rotatable bonds is 4. The predicted molar refractivity (Wildman–Crippen MR) is 59.4 cm³/mol. The first-order chi connectivity index (χ1) is 7.00. The van der Waals surface area contributed by atoms with Gasteiger partial charge in [0.15, 0.2) is 17.3 Å². The smallest absolute Gasteiger partial charge is 0.172 e. The van der Waals surface area contributed by atoms with Gasteiger partial charge in [-0.2, -0.15) is 0 Å². The number of Topliss-reactive ketones (excluding diaryl/α,β-unsaturated/α-hetero) is 1. The van der Waals surface area contributed by atoms with Gasteiger partial charge in [0.25, 0.3) is 0 Å². The molecular formula is C11H12BrFO2. The molecule has 82 valence electrons. The van der Waals surface area contributed by atoms with Crippen molar-refractivity contribution in [3.8, 4) is 5.75 Å². The van der Waals surface area contributed by atoms with Crippen molar-refractivity contribution in [3.05, 3.63) is 28.5 Å². The molecule has 1 aromatic carbocycles. The van der Waals surface area contributed by atoms with Crippen molar-refractivity contribution in [1.29, 1.82) is 0 Å². The Bertz CT molecular complexity index is 364. The summed E-state index contributed by atoms with van der Waals surface area (Å²) < 4.78 is 19.0. The van der Waals surface area contributed by atoms with Gasteiger partial charge in [-0.25, -0.2) is 4.39 Å². The minimum absolute atomic E-state index is 0.0469. The van der Waals surface area contributed by atoms with Crippen LogP contribution in [0.5, 0.6) is 5.75 Å². The maximum absolute atomic E-state index is 13.2. The van der Waals surface area contributed by atoms with Crippen molar-refractivity contribution >= 4 is 21.7 Å². The predicted octanol–water partition coefficient (Wildman–Crippen LogP) is 3.19. The number of hydrogen-bond donors (Lipinski definition) is 0. The third kappa shape index (κ3) is 3.63. The van der Waals surface area contributed by atoms with Crippen LogP contribution in [0, 0.1) is 11.7 Å². The number of halogens is 2. The number of carbonyl (C=O) groups is 1. The molecule has 0 amide bonds. The highest BCUT2D eigenvalue weighted by molar-refractivity contribution is 9.10. The second-order valence-corrected chi connectivity index (χ2v) is 4.40. The van der Waals surface area contributed by atoms with Crippen LogP contribution in [0.4, 0.5) is 4.39 Å². The summed E-state index contributed by atoms with van der Waals surface area (Å²) in [6.45, 7) is 3.47. The molecule has 4 heteroatoms. The van der Waals surface area contributed by atoms with Gasteiger partial charge in [-0.15, -0.1) is 0 Å². The number of ketones is 1. The number of hydrogen-bond acceptors (Lipinski definition) is 2. The first-order valence-corrected chi connectivity index (χ1v) is 5.40. The SMILES string of the molecule is CC(C)C(=O)COc1cc(Br)ccc1F. The number of carbonyl (C=O) groups excluding carboxylic acids is 1. The highest BCUT2D eigenvalue weighted by Crippen LogP contribution is 2.22. The van der Waals surface area contributed by atoms with E-state index in [1.165, 1.54) is 12.1 Å². The van der Waals surface area contributed by atoms with Gasteiger partial charge in [0.1, 0.15) is 6.61 Å². The average molecular weight is 275 g/mol. The van der Waals surface area contributed by atoms with Gasteiger partial charge in [-0.05, 0) is 18.2 Å². The Kier molecular flexibility index (Phi) is 4.27. The molecule has 0 aliphatic rings. The first kappa shape index (κ1) is 12.2. The summed E-state index contributed by atoms with van der Waals surface area (Å²) in [7, 11) is 0. The zero-order valence-corrected chi connectivity index (χ0v) is 10.2. The van der Waals surface area contributed by atoms with E-state index in [0.29, 0.717) is 0 Å². The minimum Gasteiger partial charge on any atom is -0.483 e. The van der Waals surface area contributed by atoms with Crippen LogP contribution in [-0.2, 0) is 4.79 Å². The van der Waals surface area contributed by atoms with Crippen molar-refractivity contribution in [2.75, 3.05) is 6.61 Å². The molecule has 2 nitrogen and oxygen atoms in total. The second-order valence-electron chi connectivity index (χ2n) is 3.48. The molecule has 1 rings (SSSR count). The van der Waals surface area contributed by atoms with Gasteiger partial charge < -0.3 is 4.74 Å². The Morgan fingerprint density at radius 1 is 1.53 bits per heavy atom. The summed E-state index contributed by atoms with van der Waals surface area (Å²) in [6.07, 6.45) is 0. The second kappa shape index (κ2) is 5.26. The molecule has 0 N–H and O–H groups in total. The number of benzene rings is 1. The zero-order chi connectivity index (χ0) is 11.4. The van der Waals surface area contributed by atoms with Crippen LogP contribution < -0.4 is 4.74 Å². The van der Waals surface area contributed by atoms with Crippen LogP contribution in [0.1, 0.15) is 13.8 Å². The zero-order valence-electron chi connectivity index (χ0n) is 8.59. The summed E-state index contributed by atoms with van der Waals surface area (Å²) in [4.78, 5) is 11.3. The summed E-state index contributed by atoms with van der Waals surface area (Å²) in [5, 5.41) is 0. The first-order valence-electron chi connectivity index (χ1n) is 4.61. The van der Waals surface area contributed by atoms with Gasteiger partial charge in [0.05, 0.1) is 0 Å². The lowest BCUT2D eigenvalue weighted by Crippen LogP contribution is -2.17. The molecule has 15 heavy (non-hydrogen) atoms. The third-order valence-corrected chi connectivity index (χ3v) is 2.40. The Labute approximate surface area is 96.6 Å². The lowest BCUT2D eigenvalue weighted by atomic mass is 10.1. The van der Waals surface area contributed by atoms with Crippen LogP contribution in [0.15, 0.2) is 22.7 Å². The summed E-state index contributed by atoms with van der Waals surface area (Å²) in [5.41, 5.74) is 0. The molecule has 0 unspecified atom stereocenters. The van der Waals surface area contributed by atoms with E-state index in [1.807, 2.05) is 0 Å². The average Bonchev–Trinajstić information content (AvgIpc) is 2.18. The quantitative estimate of drug-likeness (QED) is 0.843. The monoisotopic (exact) mass is 274 g/mol. The van der Waals surface area contributed by atoms with E-state index >= 15 is 0 Å². The maximum atomic E-state index is 13.2. The molecule has 0 atom stereocenters. The molecule has 0 saturated heterocycles. The van der Waals surface area contributed by atoms with Crippen molar-refractivity contribution < 1.29 is 13.9 Å². The molecule has 0 radical (unpaired) electrons. The largest absolute Gasteiger partial charge is 0.483 e. The molecule has 0 saturated carbocycles. The molecule has 0 aromatic heterocycles. The highest BCUT2D eigenvalue weighted by atomic mass is 79.9. The van der Waals surface area contributed by atoms with Crippen molar-refractivity contribution in [2.24, 2.45) is 5.92 Å². The van der Waals surface area contributed by atoms with E-state index in [-0.39, 0.29) is 24.1 Å². The van der Waals surface area contributed by atoms with Gasteiger partial charge in [0.2, 0.25) is 0 Å². The molecule has 0 aliphatic heterocycles. The third-order valence-electron chi connectivity index (χ3n) is 1.91. The molecule has 0 spiro atoms. The van der Waals surface area contributed by atoms with Gasteiger partial charge >= 0.3 is 0 Å². The Morgan fingerprint density at radius 3 is 2.80 bits per heavy atom. The van der Waals surface area contributed by atoms with E-state index in [2.05, 4.69) is 15.9 Å². The number of ether oxygens (including phenoxy) is 1. The van der Waals surface area contributed by atoms with Gasteiger partial charge in [-0.3, -0.25) is 4.79 Å². The summed E-state index contributed by atoms with van der Waals surface area (Å²) in [5.74, 6) is -0.511. The molecule has 0 fully saturated rings. The van der Waals surface area contributed by atoms with Crippen LogP contribution in [0.3, 0.4) is 0 Å². The van der Waals surface area contributed by atoms with E-state index in [0.717, 1.165) is 4.47 Å². The topological polar surface area (TPSA) is 26.3 Å². The van der Waals surface area contributed by atoms with E-state index in [1.54, 1.807) is 19.9 Å². The molecule has 0 bridgehead atoms. The Morgan fingerprint density at radius 2 is 2.20 bits per heavy atom. The molecule has 0 aliphatic carbocycles. The minimum atomic E-state index is -0.463. The van der Waals surface area contributed by atoms with Crippen molar-refractivity contribution in [2.45, 2.75) is 13.8 Å². The molecule has 1 aromatic rings. The van der Waals surface area contributed by atoms with Crippen molar-refractivity contribution in [3.63, 3.8) is 0 Å². The van der Waals surface area contributed by atoms with Crippen LogP contribution in [0.2, 0.25) is 0 Å². The van der Waals surface area contributed by atoms with Crippen molar-refractivity contribution in [1.82, 2.24) is 0 Å². The fourth-order valence-electron chi connectivity index (χ4n) is 0.903. The van der Waals surface area contributed by atoms with Gasteiger partial charge in [-0.1, -0.05) is 29.8 Å². The van der Waals surface area contributed by atoms with E-state index in [4.69, 9.17) is 4.74 Å². The van der Waals surface area contributed by atoms with Crippen LogP contribution in [0.25, 0.3) is 0 Å². The fraction of sp³-hybridized carbons (Fsp3) is 0.364. The summed E-state index contributed by atoms with van der Waals surface area (Å²) >= 11 is 3.20. The lowest BCUT2D eigenvalue weighted by Gasteiger charge is -2.08. The van der Waals surface area contributed by atoms with Crippen LogP contribution >= 0.6 is 15.9 Å². The van der Waals surface area contributed by atoms with Crippen LogP contribution in [-0.4, -0.2) is 12.4 Å². The lowest BCUT2D eigenvalue weighted by molar-refractivity contribution is -0.123. The Hall–Kier alpha value is -0.900. The highest BCUT2D eigenvalue weighted by Gasteiger charge is 2.10. The van der Waals surface area contributed by atoms with Gasteiger partial charge in [0, 0.05) is 10.4 Å². The normalized spacial score (nSPS) is 10.5. The van der Waals surface area contributed by atoms with E-state index in [9.17, 15) is 9.18 Å². The molecular weight excluding hydrogens is 263 g/mol. The molecule has 0 heterocycles. The fourth-order valence-corrected chi connectivity index (χ4v) is 1.24. The Balaban J connectivity index is 2.65. The van der Waals surface area contributed by atoms with E-state index < -0.39 is 5.82 Å². The maximum Gasteiger partial charge on any atom is 0.172 e.